The molecule has 3 rings (SSSR count). The number of aliphatic hydroxyl groups is 1. The largest absolute Gasteiger partial charge is 0.391 e. The minimum Gasteiger partial charge on any atom is -0.391 e. The SMILES string of the molecule is Cn1cccc1C(=O)CC1C[C@@H](O)CN1C(=O)Cc1ccccc1. The lowest BCUT2D eigenvalue weighted by Crippen LogP contribution is -2.38. The number of aliphatic hydroxyl groups excluding tert-OH is 1. The highest BCUT2D eigenvalue weighted by Crippen LogP contribution is 2.23. The minimum atomic E-state index is -0.559. The summed E-state index contributed by atoms with van der Waals surface area (Å²) in [5, 5.41) is 9.97. The number of hydrogen-bond acceptors (Lipinski definition) is 3. The number of β-amino-alcohol motifs (C(OH)–C–C–N with tert-alkyl or cyclic N) is 1. The van der Waals surface area contributed by atoms with E-state index in [0.29, 0.717) is 25.1 Å². The third-order valence-electron chi connectivity index (χ3n) is 4.56. The maximum Gasteiger partial charge on any atom is 0.227 e. The van der Waals surface area contributed by atoms with Crippen molar-refractivity contribution in [3.05, 3.63) is 59.9 Å². The second-order valence-electron chi connectivity index (χ2n) is 6.38. The van der Waals surface area contributed by atoms with Crippen molar-refractivity contribution in [1.29, 1.82) is 0 Å². The number of Topliss-reactive ketones (excluding diaryl/α,β-unsaturated/α-hetero) is 1. The average molecular weight is 326 g/mol. The summed E-state index contributed by atoms with van der Waals surface area (Å²) in [6.07, 6.45) is 2.26. The van der Waals surface area contributed by atoms with Gasteiger partial charge in [-0.25, -0.2) is 0 Å². The number of benzene rings is 1. The van der Waals surface area contributed by atoms with E-state index in [0.717, 1.165) is 5.56 Å². The Morgan fingerprint density at radius 1 is 1.17 bits per heavy atom. The average Bonchev–Trinajstić information content (AvgIpc) is 3.14. The Morgan fingerprint density at radius 3 is 2.58 bits per heavy atom. The molecule has 2 atom stereocenters. The third kappa shape index (κ3) is 3.57. The van der Waals surface area contributed by atoms with Crippen LogP contribution in [0.4, 0.5) is 0 Å². The zero-order valence-electron chi connectivity index (χ0n) is 13.8. The number of carbonyl (C=O) groups excluding carboxylic acids is 2. The van der Waals surface area contributed by atoms with Crippen LogP contribution in [0.15, 0.2) is 48.7 Å². The van der Waals surface area contributed by atoms with Crippen LogP contribution >= 0.6 is 0 Å². The van der Waals surface area contributed by atoms with E-state index in [9.17, 15) is 14.7 Å². The number of aryl methyl sites for hydroxylation is 1. The van der Waals surface area contributed by atoms with E-state index in [1.165, 1.54) is 0 Å². The Balaban J connectivity index is 1.69. The number of nitrogens with zero attached hydrogens (tertiary/aromatic N) is 2. The summed E-state index contributed by atoms with van der Waals surface area (Å²) in [4.78, 5) is 26.7. The van der Waals surface area contributed by atoms with Gasteiger partial charge in [0.05, 0.1) is 18.2 Å². The van der Waals surface area contributed by atoms with Gasteiger partial charge in [0.25, 0.3) is 0 Å². The van der Waals surface area contributed by atoms with Crippen LogP contribution in [0.2, 0.25) is 0 Å². The van der Waals surface area contributed by atoms with Gasteiger partial charge in [-0.1, -0.05) is 30.3 Å². The predicted molar refractivity (Wildman–Crippen MR) is 90.6 cm³/mol. The summed E-state index contributed by atoms with van der Waals surface area (Å²) in [5.41, 5.74) is 1.57. The van der Waals surface area contributed by atoms with Gasteiger partial charge in [-0.2, -0.15) is 0 Å². The Hall–Kier alpha value is -2.40. The first-order valence-electron chi connectivity index (χ1n) is 8.20. The zero-order chi connectivity index (χ0) is 17.1. The number of aromatic nitrogens is 1. The van der Waals surface area contributed by atoms with Crippen LogP contribution in [-0.4, -0.2) is 45.0 Å². The molecular formula is C19H22N2O3. The summed E-state index contributed by atoms with van der Waals surface area (Å²) in [5.74, 6) is -0.0402. The molecule has 1 aromatic carbocycles. The van der Waals surface area contributed by atoms with Crippen molar-refractivity contribution < 1.29 is 14.7 Å². The smallest absolute Gasteiger partial charge is 0.227 e. The van der Waals surface area contributed by atoms with E-state index in [1.54, 1.807) is 15.5 Å². The molecule has 0 spiro atoms. The van der Waals surface area contributed by atoms with Crippen molar-refractivity contribution in [2.45, 2.75) is 31.4 Å². The van der Waals surface area contributed by atoms with E-state index in [1.807, 2.05) is 49.6 Å². The number of likely N-dealkylation sites (tertiary alicyclic amines) is 1. The maximum absolute atomic E-state index is 12.6. The summed E-state index contributed by atoms with van der Waals surface area (Å²) in [6.45, 7) is 0.302. The fourth-order valence-electron chi connectivity index (χ4n) is 3.33. The van der Waals surface area contributed by atoms with Crippen LogP contribution in [0.5, 0.6) is 0 Å². The van der Waals surface area contributed by atoms with Crippen LogP contribution < -0.4 is 0 Å². The van der Waals surface area contributed by atoms with E-state index >= 15 is 0 Å². The van der Waals surface area contributed by atoms with Crippen molar-refractivity contribution in [3.63, 3.8) is 0 Å². The topological polar surface area (TPSA) is 62.5 Å². The molecule has 24 heavy (non-hydrogen) atoms. The molecule has 5 nitrogen and oxygen atoms in total. The van der Waals surface area contributed by atoms with Gasteiger partial charge in [0.2, 0.25) is 5.91 Å². The normalized spacial score (nSPS) is 20.3. The van der Waals surface area contributed by atoms with E-state index in [4.69, 9.17) is 0 Å². The number of hydrogen-bond donors (Lipinski definition) is 1. The Morgan fingerprint density at radius 2 is 1.92 bits per heavy atom. The second-order valence-corrected chi connectivity index (χ2v) is 6.38. The fraction of sp³-hybridized carbons (Fsp3) is 0.368. The van der Waals surface area contributed by atoms with Gasteiger partial charge in [-0.3, -0.25) is 9.59 Å². The van der Waals surface area contributed by atoms with Gasteiger partial charge in [-0.15, -0.1) is 0 Å². The van der Waals surface area contributed by atoms with Crippen LogP contribution in [0.3, 0.4) is 0 Å². The monoisotopic (exact) mass is 326 g/mol. The van der Waals surface area contributed by atoms with Crippen LogP contribution in [0, 0.1) is 0 Å². The standard InChI is InChI=1S/C19H22N2O3/c1-20-9-5-8-17(20)18(23)12-15-11-16(22)13-21(15)19(24)10-14-6-3-2-4-7-14/h2-9,15-16,22H,10-13H2,1H3/t15?,16-/m1/s1. The highest BCUT2D eigenvalue weighted by molar-refractivity contribution is 5.95. The Bertz CT molecular complexity index is 723. The number of amides is 1. The molecular weight excluding hydrogens is 304 g/mol. The van der Waals surface area contributed by atoms with E-state index in [-0.39, 0.29) is 24.2 Å². The maximum atomic E-state index is 12.6. The van der Waals surface area contributed by atoms with Gasteiger partial charge < -0.3 is 14.6 Å². The lowest BCUT2D eigenvalue weighted by molar-refractivity contribution is -0.131. The van der Waals surface area contributed by atoms with Gasteiger partial charge in [0, 0.05) is 32.3 Å². The van der Waals surface area contributed by atoms with Gasteiger partial charge in [0.15, 0.2) is 5.78 Å². The molecule has 1 aromatic heterocycles. The second kappa shape index (κ2) is 7.01. The first-order valence-corrected chi connectivity index (χ1v) is 8.20. The van der Waals surface area contributed by atoms with E-state index < -0.39 is 6.10 Å². The highest BCUT2D eigenvalue weighted by atomic mass is 16.3. The summed E-state index contributed by atoms with van der Waals surface area (Å²) in [7, 11) is 1.83. The lowest BCUT2D eigenvalue weighted by Gasteiger charge is -2.24. The molecule has 2 aromatic rings. The molecule has 1 unspecified atom stereocenters. The van der Waals surface area contributed by atoms with Crippen LogP contribution in [0.1, 0.15) is 28.9 Å². The zero-order valence-corrected chi connectivity index (χ0v) is 13.8. The molecule has 2 heterocycles. The lowest BCUT2D eigenvalue weighted by atomic mass is 10.0. The number of carbonyl (C=O) groups is 2. The van der Waals surface area contributed by atoms with Crippen molar-refractivity contribution in [1.82, 2.24) is 9.47 Å². The molecule has 0 bridgehead atoms. The molecule has 1 aliphatic rings. The highest BCUT2D eigenvalue weighted by Gasteiger charge is 2.35. The van der Waals surface area contributed by atoms with Gasteiger partial charge >= 0.3 is 0 Å². The molecule has 0 aliphatic carbocycles. The molecule has 5 heteroatoms. The predicted octanol–water partition coefficient (Wildman–Crippen LogP) is 1.80. The molecule has 1 amide bonds. The number of ketones is 1. The molecule has 1 fully saturated rings. The first kappa shape index (κ1) is 16.5. The first-order chi connectivity index (χ1) is 11.5. The molecule has 0 radical (unpaired) electrons. The molecule has 0 saturated carbocycles. The molecule has 1 N–H and O–H groups in total. The van der Waals surface area contributed by atoms with Crippen molar-refractivity contribution >= 4 is 11.7 Å². The molecule has 1 saturated heterocycles. The quantitative estimate of drug-likeness (QED) is 0.852. The Labute approximate surface area is 141 Å². The van der Waals surface area contributed by atoms with Gasteiger partial charge in [0.1, 0.15) is 0 Å². The van der Waals surface area contributed by atoms with Gasteiger partial charge in [-0.05, 0) is 24.1 Å². The molecule has 126 valence electrons. The fourth-order valence-corrected chi connectivity index (χ4v) is 3.33. The van der Waals surface area contributed by atoms with Crippen molar-refractivity contribution in [2.24, 2.45) is 7.05 Å². The number of rotatable bonds is 5. The molecule has 1 aliphatic heterocycles. The summed E-state index contributed by atoms with van der Waals surface area (Å²) >= 11 is 0. The van der Waals surface area contributed by atoms with Crippen LogP contribution in [0.25, 0.3) is 0 Å². The Kier molecular flexibility index (Phi) is 4.81. The minimum absolute atomic E-state index is 0.000823. The third-order valence-corrected chi connectivity index (χ3v) is 4.56. The van der Waals surface area contributed by atoms with Crippen molar-refractivity contribution in [3.8, 4) is 0 Å². The summed E-state index contributed by atoms with van der Waals surface area (Å²) in [6, 6.07) is 12.9. The van der Waals surface area contributed by atoms with Crippen LogP contribution in [-0.2, 0) is 18.3 Å². The van der Waals surface area contributed by atoms with E-state index in [2.05, 4.69) is 0 Å². The summed E-state index contributed by atoms with van der Waals surface area (Å²) < 4.78 is 1.78. The van der Waals surface area contributed by atoms with Crippen molar-refractivity contribution in [2.75, 3.05) is 6.54 Å².